The first-order valence-electron chi connectivity index (χ1n) is 12.9. The van der Waals surface area contributed by atoms with Gasteiger partial charge in [0.05, 0.1) is 0 Å². The van der Waals surface area contributed by atoms with Crippen molar-refractivity contribution in [1.29, 1.82) is 0 Å². The average molecular weight is 517 g/mol. The van der Waals surface area contributed by atoms with Crippen molar-refractivity contribution in [3.8, 4) is 0 Å². The van der Waals surface area contributed by atoms with Crippen LogP contribution in [0.25, 0.3) is 11.1 Å². The molecule has 0 atom stereocenters. The second kappa shape index (κ2) is 10.4. The summed E-state index contributed by atoms with van der Waals surface area (Å²) in [4.78, 5) is 25.9. The first-order valence-corrected chi connectivity index (χ1v) is 14.5. The molecule has 0 fully saturated rings. The summed E-state index contributed by atoms with van der Waals surface area (Å²) in [6.07, 6.45) is 8.33. The smallest absolute Gasteiger partial charge is 0.185 e. The largest absolute Gasteiger partial charge is 0.289 e. The van der Waals surface area contributed by atoms with Gasteiger partial charge in [0.1, 0.15) is 0 Å². The monoisotopic (exact) mass is 516 g/mol. The Kier molecular flexibility index (Phi) is 7.68. The first kappa shape index (κ1) is 26.5. The second-order valence-electron chi connectivity index (χ2n) is 10.9. The van der Waals surface area contributed by atoms with Crippen LogP contribution in [0.5, 0.6) is 0 Å². The third kappa shape index (κ3) is 5.12. The minimum absolute atomic E-state index is 0.189. The van der Waals surface area contributed by atoms with Gasteiger partial charge in [-0.2, -0.15) is 0 Å². The van der Waals surface area contributed by atoms with Crippen molar-refractivity contribution in [3.63, 3.8) is 0 Å². The van der Waals surface area contributed by atoms with Gasteiger partial charge in [-0.15, -0.1) is 22.7 Å². The van der Waals surface area contributed by atoms with Gasteiger partial charge in [-0.3, -0.25) is 9.59 Å². The van der Waals surface area contributed by atoms with Crippen LogP contribution in [0.1, 0.15) is 55.4 Å². The molecule has 2 aromatic rings. The lowest BCUT2D eigenvalue weighted by molar-refractivity contribution is -0.113. The van der Waals surface area contributed by atoms with Gasteiger partial charge in [-0.05, 0) is 83.4 Å². The molecule has 0 N–H and O–H groups in total. The molecule has 4 rings (SSSR count). The van der Waals surface area contributed by atoms with E-state index in [0.717, 1.165) is 33.4 Å². The molecule has 0 saturated carbocycles. The Hall–Kier alpha value is -2.56. The van der Waals surface area contributed by atoms with Crippen molar-refractivity contribution in [3.05, 3.63) is 89.0 Å². The Morgan fingerprint density at radius 2 is 0.694 bits per heavy atom. The van der Waals surface area contributed by atoms with E-state index in [1.807, 2.05) is 0 Å². The molecule has 0 unspecified atom stereocenters. The third-order valence-electron chi connectivity index (χ3n) is 6.80. The van der Waals surface area contributed by atoms with Crippen molar-refractivity contribution >= 4 is 45.4 Å². The highest BCUT2D eigenvalue weighted by Gasteiger charge is 2.25. The molecule has 4 heteroatoms. The molecule has 0 bridgehead atoms. The molecule has 188 valence electrons. The molecule has 0 spiro atoms. The van der Waals surface area contributed by atoms with Gasteiger partial charge in [0.2, 0.25) is 0 Å². The van der Waals surface area contributed by atoms with E-state index in [4.69, 9.17) is 0 Å². The van der Waals surface area contributed by atoms with Gasteiger partial charge in [0.25, 0.3) is 0 Å². The molecule has 2 aromatic heterocycles. The summed E-state index contributed by atoms with van der Waals surface area (Å²) >= 11 is 3.54. The van der Waals surface area contributed by atoms with Crippen LogP contribution in [0.15, 0.2) is 70.9 Å². The number of Topliss-reactive ketones (excluding diaryl/α,β-unsaturated/α-hetero) is 2. The SMILES string of the molecule is CC(C)C1=CC(=c2cc/c(=c3\ccc(=C4C=C(C(C)C)C(=O)C(C(C)C)=C4)s3)s2)C=C(C(C)C)C1=O. The summed E-state index contributed by atoms with van der Waals surface area (Å²) in [5.41, 5.74) is 5.84. The van der Waals surface area contributed by atoms with Crippen molar-refractivity contribution < 1.29 is 9.59 Å². The zero-order chi connectivity index (χ0) is 26.3. The molecule has 0 radical (unpaired) electrons. The van der Waals surface area contributed by atoms with Gasteiger partial charge in [-0.1, -0.05) is 55.4 Å². The second-order valence-corrected chi connectivity index (χ2v) is 13.1. The molecule has 0 aromatic carbocycles. The van der Waals surface area contributed by atoms with Gasteiger partial charge in [0, 0.05) is 40.4 Å². The number of carbonyl (C=O) groups is 2. The fraction of sp³-hybridized carbons (Fsp3) is 0.375. The number of hydrogen-bond donors (Lipinski definition) is 0. The standard InChI is InChI=1S/C32H36O2S2/c1-17(2)23-13-21(14-24(18(3)4)31(23)33)27-9-11-29(35-27)30-12-10-28(36-30)22-15-25(19(5)6)32(34)26(16-22)20(7)8/h9-20H,1-8H3/b30-29-. The van der Waals surface area contributed by atoms with E-state index in [1.165, 1.54) is 18.1 Å². The highest BCUT2D eigenvalue weighted by atomic mass is 32.1. The molecule has 0 aliphatic heterocycles. The number of thiophene rings is 2. The highest BCUT2D eigenvalue weighted by molar-refractivity contribution is 7.11. The van der Waals surface area contributed by atoms with Gasteiger partial charge < -0.3 is 0 Å². The van der Waals surface area contributed by atoms with Gasteiger partial charge in [-0.25, -0.2) is 0 Å². The number of ketones is 2. The topological polar surface area (TPSA) is 34.1 Å². The Labute approximate surface area is 222 Å². The molecule has 2 aliphatic carbocycles. The molecule has 2 nitrogen and oxygen atoms in total. The van der Waals surface area contributed by atoms with Crippen LogP contribution in [0.4, 0.5) is 0 Å². The highest BCUT2D eigenvalue weighted by Crippen LogP contribution is 2.30. The van der Waals surface area contributed by atoms with Crippen LogP contribution in [-0.4, -0.2) is 11.6 Å². The average Bonchev–Trinajstić information content (AvgIpc) is 3.48. The van der Waals surface area contributed by atoms with Crippen LogP contribution >= 0.6 is 22.7 Å². The number of allylic oxidation sites excluding steroid dienone is 8. The minimum Gasteiger partial charge on any atom is -0.289 e. The van der Waals surface area contributed by atoms with E-state index in [1.54, 1.807) is 22.7 Å². The van der Waals surface area contributed by atoms with E-state index in [-0.39, 0.29) is 35.2 Å². The van der Waals surface area contributed by atoms with Crippen molar-refractivity contribution in [2.75, 3.05) is 0 Å². The Morgan fingerprint density at radius 3 is 0.944 bits per heavy atom. The summed E-state index contributed by atoms with van der Waals surface area (Å²) in [6.45, 7) is 16.7. The molecule has 36 heavy (non-hydrogen) atoms. The maximum atomic E-state index is 12.9. The Balaban J connectivity index is 1.91. The van der Waals surface area contributed by atoms with Crippen LogP contribution in [-0.2, 0) is 9.59 Å². The van der Waals surface area contributed by atoms with Gasteiger partial charge in [0.15, 0.2) is 11.6 Å². The fourth-order valence-corrected chi connectivity index (χ4v) is 6.68. The third-order valence-corrected chi connectivity index (χ3v) is 9.27. The lowest BCUT2D eigenvalue weighted by Crippen LogP contribution is -2.19. The van der Waals surface area contributed by atoms with E-state index in [0.29, 0.717) is 0 Å². The zero-order valence-electron chi connectivity index (χ0n) is 22.6. The zero-order valence-corrected chi connectivity index (χ0v) is 24.2. The van der Waals surface area contributed by atoms with E-state index in [2.05, 4.69) is 104 Å². The first-order chi connectivity index (χ1) is 17.0. The molecule has 2 heterocycles. The van der Waals surface area contributed by atoms with Crippen LogP contribution in [0.2, 0.25) is 0 Å². The van der Waals surface area contributed by atoms with Crippen molar-refractivity contribution in [2.24, 2.45) is 23.7 Å². The maximum absolute atomic E-state index is 12.9. The maximum Gasteiger partial charge on any atom is 0.185 e. The number of hydrogen-bond acceptors (Lipinski definition) is 4. The van der Waals surface area contributed by atoms with Gasteiger partial charge >= 0.3 is 0 Å². The van der Waals surface area contributed by atoms with E-state index in [9.17, 15) is 9.59 Å². The Bertz CT molecular complexity index is 1380. The fourth-order valence-electron chi connectivity index (χ4n) is 4.60. The molecular weight excluding hydrogens is 480 g/mol. The summed E-state index contributed by atoms with van der Waals surface area (Å²) in [5, 5.41) is 0. The molecule has 0 saturated heterocycles. The Morgan fingerprint density at radius 1 is 0.444 bits per heavy atom. The lowest BCUT2D eigenvalue weighted by Gasteiger charge is -2.20. The van der Waals surface area contributed by atoms with Crippen LogP contribution < -0.4 is 9.06 Å². The number of carbonyl (C=O) groups excluding carboxylic acids is 2. The number of rotatable bonds is 4. The minimum atomic E-state index is 0.189. The van der Waals surface area contributed by atoms with Crippen molar-refractivity contribution in [1.82, 2.24) is 0 Å². The summed E-state index contributed by atoms with van der Waals surface area (Å²) in [7, 11) is 0. The molecular formula is C32H36O2S2. The predicted molar refractivity (Wildman–Crippen MR) is 154 cm³/mol. The van der Waals surface area contributed by atoms with E-state index < -0.39 is 0 Å². The normalized spacial score (nSPS) is 17.9. The van der Waals surface area contributed by atoms with Crippen LogP contribution in [0, 0.1) is 32.7 Å². The lowest BCUT2D eigenvalue weighted by atomic mass is 9.83. The summed E-state index contributed by atoms with van der Waals surface area (Å²) in [6, 6.07) is 8.72. The summed E-state index contributed by atoms with van der Waals surface area (Å²) in [5.74, 6) is 1.16. The van der Waals surface area contributed by atoms with Crippen LogP contribution in [0.3, 0.4) is 0 Å². The summed E-state index contributed by atoms with van der Waals surface area (Å²) < 4.78 is 4.81. The van der Waals surface area contributed by atoms with E-state index >= 15 is 0 Å². The quantitative estimate of drug-likeness (QED) is 0.443. The van der Waals surface area contributed by atoms with Crippen molar-refractivity contribution in [2.45, 2.75) is 55.4 Å². The molecule has 2 aliphatic rings. The molecule has 0 amide bonds. The predicted octanol–water partition coefficient (Wildman–Crippen LogP) is 6.89.